The van der Waals surface area contributed by atoms with Crippen LogP contribution in [0, 0.1) is 0 Å². The van der Waals surface area contributed by atoms with Gasteiger partial charge in [-0.15, -0.1) is 0 Å². The summed E-state index contributed by atoms with van der Waals surface area (Å²) in [5.74, 6) is 3.14. The molecule has 2 heterocycles. The number of fused-ring (bicyclic) bond motifs is 1. The SMILES string of the molecule is CCc1ncc(CN=C(N)Nc2ccc3c(c2)OCCCO3)o1. The number of guanidine groups is 1. The minimum absolute atomic E-state index is 0.300. The van der Waals surface area contributed by atoms with Crippen LogP contribution in [0.3, 0.4) is 0 Å². The van der Waals surface area contributed by atoms with Gasteiger partial charge < -0.3 is 24.9 Å². The molecule has 122 valence electrons. The number of aliphatic imine (C=N–C) groups is 1. The van der Waals surface area contributed by atoms with E-state index in [1.54, 1.807) is 6.20 Å². The van der Waals surface area contributed by atoms with E-state index in [1.807, 2.05) is 25.1 Å². The van der Waals surface area contributed by atoms with Crippen LogP contribution in [0.4, 0.5) is 5.69 Å². The molecule has 1 aliphatic heterocycles. The van der Waals surface area contributed by atoms with E-state index < -0.39 is 0 Å². The van der Waals surface area contributed by atoms with Crippen LogP contribution in [0.1, 0.15) is 25.0 Å². The highest BCUT2D eigenvalue weighted by Gasteiger charge is 2.11. The number of hydrogen-bond donors (Lipinski definition) is 2. The van der Waals surface area contributed by atoms with Gasteiger partial charge in [-0.2, -0.15) is 0 Å². The van der Waals surface area contributed by atoms with E-state index in [-0.39, 0.29) is 0 Å². The molecule has 0 bridgehead atoms. The van der Waals surface area contributed by atoms with Crippen molar-refractivity contribution in [2.75, 3.05) is 18.5 Å². The third-order valence-corrected chi connectivity index (χ3v) is 3.33. The van der Waals surface area contributed by atoms with E-state index in [9.17, 15) is 0 Å². The van der Waals surface area contributed by atoms with E-state index in [0.717, 1.165) is 24.3 Å². The summed E-state index contributed by atoms with van der Waals surface area (Å²) >= 11 is 0. The van der Waals surface area contributed by atoms with Crippen LogP contribution in [0.25, 0.3) is 0 Å². The van der Waals surface area contributed by atoms with Crippen LogP contribution in [0.2, 0.25) is 0 Å². The van der Waals surface area contributed by atoms with E-state index in [1.165, 1.54) is 0 Å². The molecule has 23 heavy (non-hydrogen) atoms. The monoisotopic (exact) mass is 316 g/mol. The van der Waals surface area contributed by atoms with Crippen molar-refractivity contribution in [3.63, 3.8) is 0 Å². The van der Waals surface area contributed by atoms with Crippen molar-refractivity contribution >= 4 is 11.6 Å². The molecule has 1 aromatic heterocycles. The maximum Gasteiger partial charge on any atom is 0.194 e. The van der Waals surface area contributed by atoms with Crippen LogP contribution in [0.5, 0.6) is 11.5 Å². The lowest BCUT2D eigenvalue weighted by Gasteiger charge is -2.10. The number of aromatic nitrogens is 1. The highest BCUT2D eigenvalue weighted by atomic mass is 16.5. The van der Waals surface area contributed by atoms with Crippen molar-refractivity contribution in [2.24, 2.45) is 10.7 Å². The highest BCUT2D eigenvalue weighted by molar-refractivity contribution is 5.92. The summed E-state index contributed by atoms with van der Waals surface area (Å²) in [4.78, 5) is 8.37. The van der Waals surface area contributed by atoms with Crippen LogP contribution in [-0.2, 0) is 13.0 Å². The molecule has 7 heteroatoms. The van der Waals surface area contributed by atoms with Gasteiger partial charge in [0.05, 0.1) is 19.4 Å². The number of oxazole rings is 1. The number of ether oxygens (including phenoxy) is 2. The minimum Gasteiger partial charge on any atom is -0.490 e. The fourth-order valence-corrected chi connectivity index (χ4v) is 2.18. The average Bonchev–Trinajstić information content (AvgIpc) is 2.90. The molecule has 3 N–H and O–H groups in total. The normalized spacial score (nSPS) is 14.4. The van der Waals surface area contributed by atoms with Crippen molar-refractivity contribution in [1.82, 2.24) is 4.98 Å². The second-order valence-corrected chi connectivity index (χ2v) is 5.11. The zero-order valence-electron chi connectivity index (χ0n) is 13.0. The second kappa shape index (κ2) is 7.04. The van der Waals surface area contributed by atoms with Gasteiger partial charge in [-0.1, -0.05) is 6.92 Å². The summed E-state index contributed by atoms with van der Waals surface area (Å²) < 4.78 is 16.7. The third-order valence-electron chi connectivity index (χ3n) is 3.33. The fraction of sp³-hybridized carbons (Fsp3) is 0.375. The van der Waals surface area contributed by atoms with Crippen molar-refractivity contribution < 1.29 is 13.9 Å². The van der Waals surface area contributed by atoms with E-state index in [0.29, 0.717) is 43.1 Å². The molecule has 3 rings (SSSR count). The van der Waals surface area contributed by atoms with Gasteiger partial charge in [-0.05, 0) is 12.1 Å². The van der Waals surface area contributed by atoms with Gasteiger partial charge in [0.15, 0.2) is 23.3 Å². The standard InChI is InChI=1S/C16H20N4O3/c1-2-15-18-9-12(23-15)10-19-16(17)20-11-4-5-13-14(8-11)22-7-3-6-21-13/h4-5,8-9H,2-3,6-7,10H2,1H3,(H3,17,19,20). The van der Waals surface area contributed by atoms with Crippen molar-refractivity contribution in [3.8, 4) is 11.5 Å². The van der Waals surface area contributed by atoms with E-state index in [4.69, 9.17) is 19.6 Å². The smallest absolute Gasteiger partial charge is 0.194 e. The quantitative estimate of drug-likeness (QED) is 0.664. The molecule has 0 saturated heterocycles. The van der Waals surface area contributed by atoms with Gasteiger partial charge in [0.1, 0.15) is 12.3 Å². The van der Waals surface area contributed by atoms with Crippen LogP contribution in [-0.4, -0.2) is 24.2 Å². The first-order valence-corrected chi connectivity index (χ1v) is 7.65. The van der Waals surface area contributed by atoms with Gasteiger partial charge >= 0.3 is 0 Å². The maximum atomic E-state index is 5.90. The van der Waals surface area contributed by atoms with Gasteiger partial charge in [0.2, 0.25) is 0 Å². The number of nitrogens with two attached hydrogens (primary N) is 1. The summed E-state index contributed by atoms with van der Waals surface area (Å²) in [6.45, 7) is 3.64. The first kappa shape index (κ1) is 15.2. The Hall–Kier alpha value is -2.70. The largest absolute Gasteiger partial charge is 0.490 e. The molecule has 0 radical (unpaired) electrons. The summed E-state index contributed by atoms with van der Waals surface area (Å²) in [5.41, 5.74) is 6.70. The molecule has 0 fully saturated rings. The molecule has 0 saturated carbocycles. The molecule has 7 nitrogen and oxygen atoms in total. The molecule has 0 aliphatic carbocycles. The Morgan fingerprint density at radius 2 is 2.13 bits per heavy atom. The Kier molecular flexibility index (Phi) is 4.65. The van der Waals surface area contributed by atoms with Gasteiger partial charge in [0.25, 0.3) is 0 Å². The number of anilines is 1. The Labute approximate surface area is 134 Å². The van der Waals surface area contributed by atoms with Crippen molar-refractivity contribution in [1.29, 1.82) is 0 Å². The number of benzene rings is 1. The van der Waals surface area contributed by atoms with E-state index in [2.05, 4.69) is 15.3 Å². The molecular weight excluding hydrogens is 296 g/mol. The molecule has 1 aromatic carbocycles. The molecule has 0 amide bonds. The van der Waals surface area contributed by atoms with Crippen molar-refractivity contribution in [2.45, 2.75) is 26.3 Å². The predicted molar refractivity (Wildman–Crippen MR) is 86.9 cm³/mol. The van der Waals surface area contributed by atoms with Crippen LogP contribution >= 0.6 is 0 Å². The third kappa shape index (κ3) is 3.94. The van der Waals surface area contributed by atoms with Gasteiger partial charge in [-0.25, -0.2) is 9.98 Å². The number of aryl methyl sites for hydroxylation is 1. The maximum absolute atomic E-state index is 5.90. The topological polar surface area (TPSA) is 94.9 Å². The number of hydrogen-bond acceptors (Lipinski definition) is 5. The molecule has 0 unspecified atom stereocenters. The average molecular weight is 316 g/mol. The molecule has 0 spiro atoms. The first-order valence-electron chi connectivity index (χ1n) is 7.65. The highest BCUT2D eigenvalue weighted by Crippen LogP contribution is 2.32. The predicted octanol–water partition coefficient (Wildman–Crippen LogP) is 2.33. The second-order valence-electron chi connectivity index (χ2n) is 5.11. The zero-order chi connectivity index (χ0) is 16.1. The molecule has 2 aromatic rings. The molecular formula is C16H20N4O3. The van der Waals surface area contributed by atoms with E-state index >= 15 is 0 Å². The molecule has 0 atom stereocenters. The Morgan fingerprint density at radius 1 is 1.30 bits per heavy atom. The lowest BCUT2D eigenvalue weighted by molar-refractivity contribution is 0.297. The lowest BCUT2D eigenvalue weighted by Crippen LogP contribution is -2.22. The lowest BCUT2D eigenvalue weighted by atomic mass is 10.3. The van der Waals surface area contributed by atoms with Crippen molar-refractivity contribution in [3.05, 3.63) is 36.0 Å². The first-order chi connectivity index (χ1) is 11.2. The molecule has 1 aliphatic rings. The van der Waals surface area contributed by atoms with Crippen LogP contribution in [0.15, 0.2) is 33.8 Å². The Morgan fingerprint density at radius 3 is 2.91 bits per heavy atom. The fourth-order valence-electron chi connectivity index (χ4n) is 2.18. The van der Waals surface area contributed by atoms with Gasteiger partial charge in [-0.3, -0.25) is 0 Å². The number of rotatable bonds is 4. The number of nitrogens with one attached hydrogen (secondary N) is 1. The summed E-state index contributed by atoms with van der Waals surface area (Å²) in [7, 11) is 0. The zero-order valence-corrected chi connectivity index (χ0v) is 13.0. The summed E-state index contributed by atoms with van der Waals surface area (Å²) in [6.07, 6.45) is 3.30. The van der Waals surface area contributed by atoms with Gasteiger partial charge in [0, 0.05) is 24.6 Å². The minimum atomic E-state index is 0.300. The Bertz CT molecular complexity index is 696. The number of nitrogens with zero attached hydrogens (tertiary/aromatic N) is 2. The summed E-state index contributed by atoms with van der Waals surface area (Å²) in [6, 6.07) is 5.59. The summed E-state index contributed by atoms with van der Waals surface area (Å²) in [5, 5.41) is 3.03. The van der Waals surface area contributed by atoms with Crippen LogP contribution < -0.4 is 20.5 Å². The Balaban J connectivity index is 1.63.